The van der Waals surface area contributed by atoms with Gasteiger partial charge in [0.2, 0.25) is 0 Å². The van der Waals surface area contributed by atoms with Gasteiger partial charge in [0.1, 0.15) is 0 Å². The fourth-order valence-corrected chi connectivity index (χ4v) is 1.12. The molecule has 0 amide bonds. The first-order valence-corrected chi connectivity index (χ1v) is 5.27. The van der Waals surface area contributed by atoms with Crippen molar-refractivity contribution in [3.63, 3.8) is 0 Å². The summed E-state index contributed by atoms with van der Waals surface area (Å²) in [6.45, 7) is 10.1. The predicted octanol–water partition coefficient (Wildman–Crippen LogP) is 3.19. The summed E-state index contributed by atoms with van der Waals surface area (Å²) in [5.41, 5.74) is 6.18. The second kappa shape index (κ2) is 11.5. The summed E-state index contributed by atoms with van der Waals surface area (Å²) in [6, 6.07) is 9.49. The molecule has 1 rings (SSSR count). The van der Waals surface area contributed by atoms with Crippen LogP contribution < -0.4 is 5.73 Å². The van der Waals surface area contributed by atoms with Gasteiger partial charge < -0.3 is 10.6 Å². The van der Waals surface area contributed by atoms with Crippen LogP contribution in [0.15, 0.2) is 30.3 Å². The molecule has 2 nitrogen and oxygen atoms in total. The second-order valence-corrected chi connectivity index (χ2v) is 3.03. The summed E-state index contributed by atoms with van der Waals surface area (Å²) in [4.78, 5) is 2.38. The molecular weight excluding hydrogens is 252 g/mol. The van der Waals surface area contributed by atoms with Gasteiger partial charge in [0, 0.05) is 5.69 Å². The van der Waals surface area contributed by atoms with Gasteiger partial charge in [0.15, 0.2) is 0 Å². The highest BCUT2D eigenvalue weighted by molar-refractivity contribution is 8.93. The van der Waals surface area contributed by atoms with E-state index in [9.17, 15) is 0 Å². The highest BCUT2D eigenvalue weighted by Crippen LogP contribution is 1.95. The van der Waals surface area contributed by atoms with Crippen LogP contribution in [0, 0.1) is 0 Å². The average molecular weight is 275 g/mol. The maximum absolute atomic E-state index is 5.36. The summed E-state index contributed by atoms with van der Waals surface area (Å²) in [7, 11) is 0. The van der Waals surface area contributed by atoms with E-state index in [-0.39, 0.29) is 17.0 Å². The Labute approximate surface area is 104 Å². The van der Waals surface area contributed by atoms with E-state index in [1.54, 1.807) is 0 Å². The highest BCUT2D eigenvalue weighted by atomic mass is 79.9. The first-order valence-electron chi connectivity index (χ1n) is 5.27. The van der Waals surface area contributed by atoms with Crippen molar-refractivity contribution in [3.05, 3.63) is 30.3 Å². The number of rotatable bonds is 3. The molecule has 0 aliphatic rings. The number of halogens is 1. The summed E-state index contributed by atoms with van der Waals surface area (Å²) < 4.78 is 0. The number of hydrogen-bond donors (Lipinski definition) is 1. The third kappa shape index (κ3) is 9.76. The monoisotopic (exact) mass is 274 g/mol. The van der Waals surface area contributed by atoms with E-state index < -0.39 is 0 Å². The van der Waals surface area contributed by atoms with Gasteiger partial charge in [-0.05, 0) is 31.8 Å². The number of nitrogen functional groups attached to an aromatic ring is 1. The van der Waals surface area contributed by atoms with Gasteiger partial charge in [0.25, 0.3) is 0 Å². The lowest BCUT2D eigenvalue weighted by atomic mass is 10.3. The highest BCUT2D eigenvalue weighted by Gasteiger charge is 1.89. The smallest absolute Gasteiger partial charge is 0.0313 e. The van der Waals surface area contributed by atoms with E-state index >= 15 is 0 Å². The minimum absolute atomic E-state index is 0. The number of nitrogens with zero attached hydrogens (tertiary/aromatic N) is 1. The van der Waals surface area contributed by atoms with Crippen LogP contribution in [0.5, 0.6) is 0 Å². The lowest BCUT2D eigenvalue weighted by Crippen LogP contribution is -2.21. The van der Waals surface area contributed by atoms with Crippen LogP contribution in [0.3, 0.4) is 0 Å². The van der Waals surface area contributed by atoms with Gasteiger partial charge in [-0.1, -0.05) is 39.0 Å². The molecular formula is C12H23BrN2. The SMILES string of the molecule is Br.CCN(CC)CC.Nc1ccccc1. The van der Waals surface area contributed by atoms with Crippen LogP contribution >= 0.6 is 17.0 Å². The Hall–Kier alpha value is -0.540. The Morgan fingerprint density at radius 3 is 1.47 bits per heavy atom. The molecule has 1 aromatic rings. The summed E-state index contributed by atoms with van der Waals surface area (Å²) in [5, 5.41) is 0. The van der Waals surface area contributed by atoms with Crippen molar-refractivity contribution in [2.45, 2.75) is 20.8 Å². The van der Waals surface area contributed by atoms with Crippen molar-refractivity contribution >= 4 is 22.7 Å². The zero-order valence-electron chi connectivity index (χ0n) is 9.94. The second-order valence-electron chi connectivity index (χ2n) is 3.03. The van der Waals surface area contributed by atoms with Crippen molar-refractivity contribution in [1.82, 2.24) is 4.90 Å². The maximum atomic E-state index is 5.36. The van der Waals surface area contributed by atoms with Crippen molar-refractivity contribution in [2.24, 2.45) is 0 Å². The lowest BCUT2D eigenvalue weighted by molar-refractivity contribution is 0.321. The zero-order valence-corrected chi connectivity index (χ0v) is 11.7. The average Bonchev–Trinajstić information content (AvgIpc) is 2.22. The van der Waals surface area contributed by atoms with Crippen molar-refractivity contribution in [3.8, 4) is 0 Å². The Morgan fingerprint density at radius 1 is 0.933 bits per heavy atom. The molecule has 0 saturated carbocycles. The number of anilines is 1. The molecule has 0 radical (unpaired) electrons. The number of benzene rings is 1. The molecule has 0 bridgehead atoms. The minimum atomic E-state index is 0. The summed E-state index contributed by atoms with van der Waals surface area (Å²) in [5.74, 6) is 0. The van der Waals surface area contributed by atoms with Crippen LogP contribution in [0.2, 0.25) is 0 Å². The molecule has 0 saturated heterocycles. The molecule has 0 aliphatic carbocycles. The molecule has 0 aliphatic heterocycles. The molecule has 0 heterocycles. The third-order valence-corrected chi connectivity index (χ3v) is 2.14. The van der Waals surface area contributed by atoms with Crippen molar-refractivity contribution in [1.29, 1.82) is 0 Å². The summed E-state index contributed by atoms with van der Waals surface area (Å²) in [6.07, 6.45) is 0. The third-order valence-electron chi connectivity index (χ3n) is 2.14. The number of hydrogen-bond acceptors (Lipinski definition) is 2. The fourth-order valence-electron chi connectivity index (χ4n) is 1.12. The Morgan fingerprint density at radius 2 is 1.33 bits per heavy atom. The molecule has 0 unspecified atom stereocenters. The van der Waals surface area contributed by atoms with Gasteiger partial charge in [-0.15, -0.1) is 17.0 Å². The molecule has 0 spiro atoms. The Bertz CT molecular complexity index is 205. The van der Waals surface area contributed by atoms with E-state index in [1.807, 2.05) is 30.3 Å². The van der Waals surface area contributed by atoms with Crippen LogP contribution in [-0.4, -0.2) is 24.5 Å². The minimum Gasteiger partial charge on any atom is -0.399 e. The molecule has 0 aromatic heterocycles. The molecule has 0 atom stereocenters. The van der Waals surface area contributed by atoms with E-state index in [0.29, 0.717) is 0 Å². The van der Waals surface area contributed by atoms with Gasteiger partial charge in [-0.2, -0.15) is 0 Å². The van der Waals surface area contributed by atoms with Gasteiger partial charge in [-0.3, -0.25) is 0 Å². The zero-order chi connectivity index (χ0) is 10.8. The largest absolute Gasteiger partial charge is 0.399 e. The lowest BCUT2D eigenvalue weighted by Gasteiger charge is -2.13. The van der Waals surface area contributed by atoms with E-state index in [0.717, 1.165) is 5.69 Å². The standard InChI is InChI=1S/C6H7N.C6H15N.BrH/c7-6-4-2-1-3-5-6;1-4-7(5-2)6-3;/h1-5H,7H2;4-6H2,1-3H3;1H. The molecule has 2 N–H and O–H groups in total. The quantitative estimate of drug-likeness (QED) is 0.858. The first kappa shape index (κ1) is 16.9. The molecule has 88 valence electrons. The van der Waals surface area contributed by atoms with Crippen LogP contribution in [0.4, 0.5) is 5.69 Å². The number of nitrogens with two attached hydrogens (primary N) is 1. The van der Waals surface area contributed by atoms with Crippen molar-refractivity contribution < 1.29 is 0 Å². The fraction of sp³-hybridized carbons (Fsp3) is 0.500. The van der Waals surface area contributed by atoms with Crippen LogP contribution in [-0.2, 0) is 0 Å². The summed E-state index contributed by atoms with van der Waals surface area (Å²) >= 11 is 0. The van der Waals surface area contributed by atoms with E-state index in [2.05, 4.69) is 25.7 Å². The van der Waals surface area contributed by atoms with Crippen molar-refractivity contribution in [2.75, 3.05) is 25.4 Å². The topological polar surface area (TPSA) is 29.3 Å². The Balaban J connectivity index is 0. The maximum Gasteiger partial charge on any atom is 0.0313 e. The van der Waals surface area contributed by atoms with E-state index in [1.165, 1.54) is 19.6 Å². The van der Waals surface area contributed by atoms with E-state index in [4.69, 9.17) is 5.73 Å². The van der Waals surface area contributed by atoms with Crippen LogP contribution in [0.1, 0.15) is 20.8 Å². The van der Waals surface area contributed by atoms with Gasteiger partial charge in [-0.25, -0.2) is 0 Å². The first-order chi connectivity index (χ1) is 6.74. The predicted molar refractivity (Wildman–Crippen MR) is 74.6 cm³/mol. The number of para-hydroxylation sites is 1. The van der Waals surface area contributed by atoms with Gasteiger partial charge >= 0.3 is 0 Å². The normalized spacial score (nSPS) is 8.80. The molecule has 1 aromatic carbocycles. The Kier molecular flexibility index (Phi) is 13.0. The molecule has 0 fully saturated rings. The molecule has 3 heteroatoms. The van der Waals surface area contributed by atoms with Crippen LogP contribution in [0.25, 0.3) is 0 Å². The molecule has 15 heavy (non-hydrogen) atoms. The van der Waals surface area contributed by atoms with Gasteiger partial charge in [0.05, 0.1) is 0 Å².